The number of aryl methyl sites for hydroxylation is 1. The number of nitrogens with zero attached hydrogens (tertiary/aromatic N) is 5. The van der Waals surface area contributed by atoms with Crippen molar-refractivity contribution >= 4 is 39.8 Å². The summed E-state index contributed by atoms with van der Waals surface area (Å²) in [4.78, 5) is 38.6. The molecule has 7 rings (SSSR count). The number of benzene rings is 2. The van der Waals surface area contributed by atoms with Crippen LogP contribution in [0.5, 0.6) is 0 Å². The fraction of sp³-hybridized carbons (Fsp3) is 0.459. The van der Waals surface area contributed by atoms with E-state index < -0.39 is 11.7 Å². The molecule has 5 aromatic rings. The third-order valence-corrected chi connectivity index (χ3v) is 8.18. The molecule has 0 saturated heterocycles. The van der Waals surface area contributed by atoms with Crippen molar-refractivity contribution in [2.75, 3.05) is 17.2 Å². The summed E-state index contributed by atoms with van der Waals surface area (Å²) in [6, 6.07) is 12.7. The van der Waals surface area contributed by atoms with Crippen molar-refractivity contribution in [3.63, 3.8) is 0 Å². The molecule has 1 saturated carbocycles. The fourth-order valence-electron chi connectivity index (χ4n) is 5.66. The van der Waals surface area contributed by atoms with Crippen molar-refractivity contribution in [3.8, 4) is 22.5 Å². The SMILES string of the molecule is CC.CC.CC(C)(C)OC(=O)NCCCCc1nc2ncc(-c3ccc4cc(-c5cnc6c(n5)NC(C5CCC5)N6)ccc4c3)nc2[nH]1. The van der Waals surface area contributed by atoms with E-state index in [1.165, 1.54) is 19.3 Å². The number of unbranched alkanes of at least 4 members (excludes halogenated alkanes) is 1. The van der Waals surface area contributed by atoms with Gasteiger partial charge in [0.15, 0.2) is 22.9 Å². The zero-order chi connectivity index (χ0) is 34.3. The number of fused-ring (bicyclic) bond motifs is 3. The number of nitrogens with one attached hydrogen (secondary N) is 4. The molecule has 1 atom stereocenters. The summed E-state index contributed by atoms with van der Waals surface area (Å²) in [5.41, 5.74) is 4.41. The van der Waals surface area contributed by atoms with Crippen LogP contribution in [0.3, 0.4) is 0 Å². The molecule has 254 valence electrons. The summed E-state index contributed by atoms with van der Waals surface area (Å²) in [6.07, 6.45) is 9.67. The van der Waals surface area contributed by atoms with Gasteiger partial charge in [0.2, 0.25) is 0 Å². The molecule has 0 bridgehead atoms. The van der Waals surface area contributed by atoms with Crippen LogP contribution in [0.4, 0.5) is 16.4 Å². The molecule has 0 spiro atoms. The van der Waals surface area contributed by atoms with E-state index in [-0.39, 0.29) is 6.17 Å². The van der Waals surface area contributed by atoms with E-state index >= 15 is 0 Å². The molecule has 3 aromatic heterocycles. The third-order valence-electron chi connectivity index (χ3n) is 8.18. The Labute approximate surface area is 283 Å². The van der Waals surface area contributed by atoms with Crippen LogP contribution >= 0.6 is 0 Å². The fourth-order valence-corrected chi connectivity index (χ4v) is 5.66. The summed E-state index contributed by atoms with van der Waals surface area (Å²) in [5.74, 6) is 3.16. The largest absolute Gasteiger partial charge is 0.444 e. The van der Waals surface area contributed by atoms with Crippen LogP contribution in [0.1, 0.15) is 86.4 Å². The summed E-state index contributed by atoms with van der Waals surface area (Å²) in [5, 5.41) is 12.0. The first kappa shape index (κ1) is 34.5. The van der Waals surface area contributed by atoms with Gasteiger partial charge < -0.3 is 25.7 Å². The number of H-pyrrole nitrogens is 1. The number of hydrogen-bond donors (Lipinski definition) is 4. The van der Waals surface area contributed by atoms with Crippen LogP contribution in [0.15, 0.2) is 48.8 Å². The van der Waals surface area contributed by atoms with Crippen molar-refractivity contribution in [1.82, 2.24) is 35.2 Å². The molecule has 4 N–H and O–H groups in total. The second kappa shape index (κ2) is 15.4. The first-order valence-corrected chi connectivity index (χ1v) is 17.4. The number of alkyl carbamates (subject to hydrolysis) is 1. The number of aromatic amines is 1. The van der Waals surface area contributed by atoms with E-state index in [0.29, 0.717) is 23.8 Å². The van der Waals surface area contributed by atoms with Crippen molar-refractivity contribution in [1.29, 1.82) is 0 Å². The molecule has 1 fully saturated rings. The highest BCUT2D eigenvalue weighted by Crippen LogP contribution is 2.37. The molecule has 1 amide bonds. The van der Waals surface area contributed by atoms with Gasteiger partial charge in [0, 0.05) is 24.1 Å². The standard InChI is InChI=1S/C33H37N9O2.2C2H6/c1-33(2,3)44-32(43)34-14-5-4-9-26-39-28-30(40-26)37-24(17-35-28)22-12-10-21-16-23(13-11-20(21)15-22)25-18-36-29-31(38-25)42-27(41-29)19-7-6-8-19;2*1-2/h10-13,15-19,27H,4-9,14H2,1-3H3,(H,34,43)(H,36,41)(H,38,42)(H,35,37,39,40);2*1-2H3. The minimum Gasteiger partial charge on any atom is -0.444 e. The first-order chi connectivity index (χ1) is 23.3. The Hall–Kier alpha value is -4.80. The molecule has 4 heterocycles. The molecule has 2 aliphatic rings. The molecule has 11 heteroatoms. The molecule has 2 aromatic carbocycles. The number of ether oxygens (including phenoxy) is 1. The molecule has 1 unspecified atom stereocenters. The van der Waals surface area contributed by atoms with Gasteiger partial charge in [0.25, 0.3) is 0 Å². The lowest BCUT2D eigenvalue weighted by atomic mass is 9.83. The Bertz CT molecular complexity index is 1840. The van der Waals surface area contributed by atoms with Crippen molar-refractivity contribution in [2.24, 2.45) is 5.92 Å². The van der Waals surface area contributed by atoms with Gasteiger partial charge in [-0.15, -0.1) is 0 Å². The van der Waals surface area contributed by atoms with Crippen LogP contribution < -0.4 is 16.0 Å². The molecule has 1 aliphatic heterocycles. The minimum absolute atomic E-state index is 0.236. The van der Waals surface area contributed by atoms with Crippen LogP contribution in [-0.2, 0) is 11.2 Å². The number of carbonyl (C=O) groups excluding carboxylic acids is 1. The number of hydrogen-bond acceptors (Lipinski definition) is 9. The number of rotatable bonds is 8. The van der Waals surface area contributed by atoms with Crippen LogP contribution in [0, 0.1) is 5.92 Å². The smallest absolute Gasteiger partial charge is 0.407 e. The number of aromatic nitrogens is 6. The Morgan fingerprint density at radius 2 is 1.50 bits per heavy atom. The highest BCUT2D eigenvalue weighted by atomic mass is 16.6. The zero-order valence-corrected chi connectivity index (χ0v) is 29.3. The average molecular weight is 652 g/mol. The zero-order valence-electron chi connectivity index (χ0n) is 29.3. The van der Waals surface area contributed by atoms with E-state index in [2.05, 4.69) is 72.3 Å². The summed E-state index contributed by atoms with van der Waals surface area (Å²) < 4.78 is 5.27. The Morgan fingerprint density at radius 1 is 0.854 bits per heavy atom. The average Bonchev–Trinajstić information content (AvgIpc) is 3.67. The Balaban J connectivity index is 0.00000109. The Morgan fingerprint density at radius 3 is 2.15 bits per heavy atom. The van der Waals surface area contributed by atoms with E-state index in [0.717, 1.165) is 70.0 Å². The topological polar surface area (TPSA) is 143 Å². The van der Waals surface area contributed by atoms with Crippen LogP contribution in [-0.4, -0.2) is 54.3 Å². The lowest BCUT2D eigenvalue weighted by Crippen LogP contribution is -2.36. The minimum atomic E-state index is -0.499. The van der Waals surface area contributed by atoms with Crippen LogP contribution in [0.25, 0.3) is 44.6 Å². The van der Waals surface area contributed by atoms with Crippen molar-refractivity contribution in [3.05, 3.63) is 54.6 Å². The molecular weight excluding hydrogens is 602 g/mol. The maximum absolute atomic E-state index is 11.8. The van der Waals surface area contributed by atoms with E-state index in [1.54, 1.807) is 6.20 Å². The molecule has 1 aliphatic carbocycles. The monoisotopic (exact) mass is 651 g/mol. The van der Waals surface area contributed by atoms with E-state index in [4.69, 9.17) is 14.7 Å². The molecule has 0 radical (unpaired) electrons. The van der Waals surface area contributed by atoms with Crippen molar-refractivity contribution < 1.29 is 9.53 Å². The van der Waals surface area contributed by atoms with Gasteiger partial charge in [-0.1, -0.05) is 58.4 Å². The predicted octanol–water partition coefficient (Wildman–Crippen LogP) is 8.49. The van der Waals surface area contributed by atoms with Crippen LogP contribution in [0.2, 0.25) is 0 Å². The van der Waals surface area contributed by atoms with Gasteiger partial charge in [-0.25, -0.2) is 29.7 Å². The lowest BCUT2D eigenvalue weighted by Gasteiger charge is -2.31. The number of imidazole rings is 1. The molecule has 11 nitrogen and oxygen atoms in total. The lowest BCUT2D eigenvalue weighted by molar-refractivity contribution is 0.0527. The van der Waals surface area contributed by atoms with Crippen molar-refractivity contribution in [2.45, 2.75) is 98.8 Å². The normalized spacial score (nSPS) is 15.2. The molecule has 48 heavy (non-hydrogen) atoms. The van der Waals surface area contributed by atoms with Gasteiger partial charge in [-0.2, -0.15) is 0 Å². The Kier molecular flexibility index (Phi) is 11.1. The van der Waals surface area contributed by atoms with Gasteiger partial charge in [-0.3, -0.25) is 0 Å². The highest BCUT2D eigenvalue weighted by molar-refractivity contribution is 5.90. The van der Waals surface area contributed by atoms with Gasteiger partial charge in [-0.05, 0) is 75.3 Å². The number of amides is 1. The maximum atomic E-state index is 11.8. The van der Waals surface area contributed by atoms with Gasteiger partial charge in [0.1, 0.15) is 17.6 Å². The second-order valence-electron chi connectivity index (χ2n) is 12.7. The highest BCUT2D eigenvalue weighted by Gasteiger charge is 2.33. The van der Waals surface area contributed by atoms with Gasteiger partial charge in [0.05, 0.1) is 23.8 Å². The third kappa shape index (κ3) is 8.18. The maximum Gasteiger partial charge on any atom is 0.407 e. The summed E-state index contributed by atoms with van der Waals surface area (Å²) in [7, 11) is 0. The van der Waals surface area contributed by atoms with E-state index in [9.17, 15) is 4.79 Å². The predicted molar refractivity (Wildman–Crippen MR) is 194 cm³/mol. The summed E-state index contributed by atoms with van der Waals surface area (Å²) in [6.45, 7) is 14.1. The van der Waals surface area contributed by atoms with E-state index in [1.807, 2.05) is 54.7 Å². The molecular formula is C37H49N9O2. The van der Waals surface area contributed by atoms with Gasteiger partial charge >= 0.3 is 6.09 Å². The first-order valence-electron chi connectivity index (χ1n) is 17.4. The summed E-state index contributed by atoms with van der Waals surface area (Å²) >= 11 is 0. The quantitative estimate of drug-likeness (QED) is 0.121. The number of anilines is 2. The number of carbonyl (C=O) groups is 1. The second-order valence-corrected chi connectivity index (χ2v) is 12.7.